The maximum absolute atomic E-state index is 12.9. The van der Waals surface area contributed by atoms with E-state index in [2.05, 4.69) is 10.6 Å². The lowest BCUT2D eigenvalue weighted by molar-refractivity contribution is -0.138. The Morgan fingerprint density at radius 3 is 2.17 bits per heavy atom. The highest BCUT2D eigenvalue weighted by Crippen LogP contribution is 2.44. The first kappa shape index (κ1) is 25.8. The number of alkyl carbamates (subject to hydrolysis) is 1. The van der Waals surface area contributed by atoms with Gasteiger partial charge in [-0.15, -0.1) is 0 Å². The van der Waals surface area contributed by atoms with Crippen molar-refractivity contribution in [3.05, 3.63) is 59.7 Å². The molecule has 2 aromatic rings. The van der Waals surface area contributed by atoms with E-state index in [-0.39, 0.29) is 37.7 Å². The number of hydrogen-bond acceptors (Lipinski definition) is 5. The van der Waals surface area contributed by atoms with Crippen molar-refractivity contribution in [3.63, 3.8) is 0 Å². The van der Waals surface area contributed by atoms with Crippen LogP contribution >= 0.6 is 0 Å². The SMILES string of the molecule is CC(C)[C@@H](CC(=O)O)NC(=O)C(CCCC#N)NC(=O)OCC1c2ccccc2-c2ccccc21. The number of carboxylic acid groups (broad SMARTS) is 1. The Hall–Kier alpha value is -3.86. The van der Waals surface area contributed by atoms with E-state index in [0.717, 1.165) is 22.3 Å². The van der Waals surface area contributed by atoms with Crippen LogP contribution in [0.25, 0.3) is 11.1 Å². The van der Waals surface area contributed by atoms with E-state index < -0.39 is 30.1 Å². The molecule has 35 heavy (non-hydrogen) atoms. The predicted molar refractivity (Wildman–Crippen MR) is 130 cm³/mol. The highest BCUT2D eigenvalue weighted by Gasteiger charge is 2.30. The highest BCUT2D eigenvalue weighted by molar-refractivity contribution is 5.86. The van der Waals surface area contributed by atoms with Gasteiger partial charge in [-0.2, -0.15) is 5.26 Å². The van der Waals surface area contributed by atoms with E-state index in [9.17, 15) is 14.4 Å². The monoisotopic (exact) mass is 477 g/mol. The lowest BCUT2D eigenvalue weighted by atomic mass is 9.98. The van der Waals surface area contributed by atoms with Crippen molar-refractivity contribution < 1.29 is 24.2 Å². The lowest BCUT2D eigenvalue weighted by Crippen LogP contribution is -2.51. The van der Waals surface area contributed by atoms with E-state index in [0.29, 0.717) is 6.42 Å². The molecule has 0 spiro atoms. The van der Waals surface area contributed by atoms with Gasteiger partial charge < -0.3 is 20.5 Å². The third-order valence-corrected chi connectivity index (χ3v) is 6.26. The first-order chi connectivity index (χ1) is 16.8. The Bertz CT molecular complexity index is 1060. The molecule has 2 aromatic carbocycles. The van der Waals surface area contributed by atoms with Gasteiger partial charge in [-0.25, -0.2) is 4.79 Å². The van der Waals surface area contributed by atoms with Gasteiger partial charge in [0.1, 0.15) is 12.6 Å². The Morgan fingerprint density at radius 2 is 1.63 bits per heavy atom. The van der Waals surface area contributed by atoms with E-state index in [4.69, 9.17) is 15.1 Å². The number of carbonyl (C=O) groups excluding carboxylic acids is 2. The molecule has 1 aliphatic rings. The number of hydrogen-bond donors (Lipinski definition) is 3. The summed E-state index contributed by atoms with van der Waals surface area (Å²) in [5, 5.41) is 23.3. The van der Waals surface area contributed by atoms with Crippen molar-refractivity contribution >= 4 is 18.0 Å². The van der Waals surface area contributed by atoms with Gasteiger partial charge in [-0.3, -0.25) is 9.59 Å². The molecule has 0 radical (unpaired) electrons. The molecule has 184 valence electrons. The number of benzene rings is 2. The molecule has 0 aromatic heterocycles. The summed E-state index contributed by atoms with van der Waals surface area (Å²) in [4.78, 5) is 36.8. The minimum Gasteiger partial charge on any atom is -0.481 e. The zero-order valence-corrected chi connectivity index (χ0v) is 20.0. The van der Waals surface area contributed by atoms with E-state index in [1.54, 1.807) is 0 Å². The molecule has 3 rings (SSSR count). The van der Waals surface area contributed by atoms with Crippen LogP contribution in [0.5, 0.6) is 0 Å². The molecule has 2 atom stereocenters. The van der Waals surface area contributed by atoms with Gasteiger partial charge in [0.15, 0.2) is 0 Å². The number of aliphatic carboxylic acids is 1. The molecule has 1 unspecified atom stereocenters. The molecule has 2 amide bonds. The molecule has 0 aliphatic heterocycles. The van der Waals surface area contributed by atoms with Crippen LogP contribution in [0.3, 0.4) is 0 Å². The van der Waals surface area contributed by atoms with Gasteiger partial charge in [-0.1, -0.05) is 62.4 Å². The fourth-order valence-corrected chi connectivity index (χ4v) is 4.36. The van der Waals surface area contributed by atoms with Gasteiger partial charge in [0, 0.05) is 18.4 Å². The Kier molecular flexibility index (Phi) is 8.85. The predicted octanol–water partition coefficient (Wildman–Crippen LogP) is 4.20. The minimum absolute atomic E-state index is 0.107. The average molecular weight is 478 g/mol. The Morgan fingerprint density at radius 1 is 1.03 bits per heavy atom. The van der Waals surface area contributed by atoms with Gasteiger partial charge in [0.25, 0.3) is 0 Å². The quantitative estimate of drug-likeness (QED) is 0.416. The normalized spacial score (nSPS) is 13.8. The number of nitrogens with one attached hydrogen (secondary N) is 2. The van der Waals surface area contributed by atoms with Crippen LogP contribution in [0.1, 0.15) is 56.6 Å². The smallest absolute Gasteiger partial charge is 0.407 e. The summed E-state index contributed by atoms with van der Waals surface area (Å²) in [6.07, 6.45) is -0.0772. The average Bonchev–Trinajstić information content (AvgIpc) is 3.15. The molecule has 3 N–H and O–H groups in total. The number of nitriles is 1. The summed E-state index contributed by atoms with van der Waals surface area (Å²) in [5.74, 6) is -1.73. The molecule has 0 saturated carbocycles. The number of unbranched alkanes of at least 4 members (excludes halogenated alkanes) is 1. The summed E-state index contributed by atoms with van der Waals surface area (Å²) in [6.45, 7) is 3.75. The molecule has 1 aliphatic carbocycles. The van der Waals surface area contributed by atoms with Crippen molar-refractivity contribution in [3.8, 4) is 17.2 Å². The molecule has 8 nitrogen and oxygen atoms in total. The molecule has 0 heterocycles. The zero-order chi connectivity index (χ0) is 25.4. The van der Waals surface area contributed by atoms with Crippen LogP contribution in [-0.2, 0) is 14.3 Å². The van der Waals surface area contributed by atoms with Crippen molar-refractivity contribution in [2.45, 2.75) is 57.5 Å². The number of nitrogens with zero attached hydrogens (tertiary/aromatic N) is 1. The van der Waals surface area contributed by atoms with Crippen LogP contribution < -0.4 is 10.6 Å². The van der Waals surface area contributed by atoms with Crippen molar-refractivity contribution in [2.24, 2.45) is 5.92 Å². The number of fused-ring (bicyclic) bond motifs is 3. The van der Waals surface area contributed by atoms with Gasteiger partial charge in [0.05, 0.1) is 12.5 Å². The molecule has 0 saturated heterocycles. The summed E-state index contributed by atoms with van der Waals surface area (Å²) in [6, 6.07) is 16.5. The van der Waals surface area contributed by atoms with Crippen LogP contribution in [0, 0.1) is 17.2 Å². The number of carbonyl (C=O) groups is 3. The van der Waals surface area contributed by atoms with Crippen LogP contribution in [0.15, 0.2) is 48.5 Å². The second-order valence-corrected chi connectivity index (χ2v) is 9.03. The Labute approximate surface area is 205 Å². The molecule has 8 heteroatoms. The second kappa shape index (κ2) is 12.0. The largest absolute Gasteiger partial charge is 0.481 e. The highest BCUT2D eigenvalue weighted by atomic mass is 16.5. The number of ether oxygens (including phenoxy) is 1. The first-order valence-electron chi connectivity index (χ1n) is 11.8. The molecular formula is C27H31N3O5. The fraction of sp³-hybridized carbons (Fsp3) is 0.407. The Balaban J connectivity index is 1.66. The summed E-state index contributed by atoms with van der Waals surface area (Å²) < 4.78 is 5.55. The lowest BCUT2D eigenvalue weighted by Gasteiger charge is -2.25. The summed E-state index contributed by atoms with van der Waals surface area (Å²) in [7, 11) is 0. The third-order valence-electron chi connectivity index (χ3n) is 6.26. The number of rotatable bonds is 11. The fourth-order valence-electron chi connectivity index (χ4n) is 4.36. The van der Waals surface area contributed by atoms with E-state index in [1.165, 1.54) is 0 Å². The molecule has 0 bridgehead atoms. The van der Waals surface area contributed by atoms with Crippen molar-refractivity contribution in [2.75, 3.05) is 6.61 Å². The third kappa shape index (κ3) is 6.60. The van der Waals surface area contributed by atoms with Crippen LogP contribution in [0.4, 0.5) is 4.79 Å². The van der Waals surface area contributed by atoms with E-state index in [1.807, 2.05) is 68.4 Å². The maximum atomic E-state index is 12.9. The second-order valence-electron chi connectivity index (χ2n) is 9.03. The van der Waals surface area contributed by atoms with Crippen molar-refractivity contribution in [1.29, 1.82) is 5.26 Å². The van der Waals surface area contributed by atoms with Crippen LogP contribution in [0.2, 0.25) is 0 Å². The van der Waals surface area contributed by atoms with Crippen molar-refractivity contribution in [1.82, 2.24) is 10.6 Å². The van der Waals surface area contributed by atoms with Crippen LogP contribution in [-0.4, -0.2) is 41.8 Å². The first-order valence-corrected chi connectivity index (χ1v) is 11.8. The maximum Gasteiger partial charge on any atom is 0.407 e. The zero-order valence-electron chi connectivity index (χ0n) is 20.0. The molecular weight excluding hydrogens is 446 g/mol. The van der Waals surface area contributed by atoms with Gasteiger partial charge >= 0.3 is 12.1 Å². The molecule has 0 fully saturated rings. The summed E-state index contributed by atoms with van der Waals surface area (Å²) >= 11 is 0. The number of carboxylic acids is 1. The van der Waals surface area contributed by atoms with Gasteiger partial charge in [0.2, 0.25) is 5.91 Å². The number of amides is 2. The van der Waals surface area contributed by atoms with E-state index >= 15 is 0 Å². The topological polar surface area (TPSA) is 129 Å². The standard InChI is InChI=1S/C27H31N3O5/c1-17(2)24(15-25(31)32)29-26(33)23(13-7-8-14-28)30-27(34)35-16-22-20-11-5-3-9-18(20)19-10-4-6-12-21(19)22/h3-6,9-12,17,22-24H,7-8,13,15-16H2,1-2H3,(H,29,33)(H,30,34)(H,31,32)/t23?,24-/m1/s1. The summed E-state index contributed by atoms with van der Waals surface area (Å²) in [5.41, 5.74) is 4.39. The minimum atomic E-state index is -1.02. The van der Waals surface area contributed by atoms with Gasteiger partial charge in [-0.05, 0) is 41.0 Å².